The fraction of sp³-hybridized carbons (Fsp3) is 0.308. The fourth-order valence-electron chi connectivity index (χ4n) is 2.01. The minimum Gasteiger partial charge on any atom is -0.480 e. The number of carbonyl (C=O) groups is 3. The van der Waals surface area contributed by atoms with E-state index in [1.165, 1.54) is 0 Å². The molecule has 0 spiro atoms. The molecule has 0 saturated carbocycles. The van der Waals surface area contributed by atoms with Crippen LogP contribution in [0.2, 0.25) is 0 Å². The summed E-state index contributed by atoms with van der Waals surface area (Å²) in [5.41, 5.74) is 1.82. The number of hydrogen-bond acceptors (Lipinski definition) is 4. The standard InChI is InChI=1S/C13H14N2O4/c1-9-3-2-4-10(5-9)14-6-11(16)15(8-13(18)19)12(17)7-14/h2-5H,6-8H2,1H3,(H,18,19). The minimum absolute atomic E-state index is 0.0163. The van der Waals surface area contributed by atoms with Crippen molar-refractivity contribution in [3.8, 4) is 0 Å². The lowest BCUT2D eigenvalue weighted by atomic mass is 10.2. The molecule has 1 fully saturated rings. The molecule has 1 aliphatic rings. The van der Waals surface area contributed by atoms with Gasteiger partial charge in [0.1, 0.15) is 6.54 Å². The molecule has 1 aromatic rings. The van der Waals surface area contributed by atoms with Crippen molar-refractivity contribution in [2.45, 2.75) is 6.92 Å². The average molecular weight is 262 g/mol. The Hall–Kier alpha value is -2.37. The highest BCUT2D eigenvalue weighted by molar-refractivity contribution is 6.04. The summed E-state index contributed by atoms with van der Waals surface area (Å²) in [5, 5.41) is 8.66. The molecule has 1 N–H and O–H groups in total. The molecule has 1 heterocycles. The monoisotopic (exact) mass is 262 g/mol. The van der Waals surface area contributed by atoms with Crippen LogP contribution in [0.25, 0.3) is 0 Å². The van der Waals surface area contributed by atoms with Crippen molar-refractivity contribution in [1.82, 2.24) is 4.90 Å². The summed E-state index contributed by atoms with van der Waals surface area (Å²) < 4.78 is 0. The molecule has 0 atom stereocenters. The highest BCUT2D eigenvalue weighted by Crippen LogP contribution is 2.18. The SMILES string of the molecule is Cc1cccc(N2CC(=O)N(CC(=O)O)C(=O)C2)c1. The molecule has 6 nitrogen and oxygen atoms in total. The highest BCUT2D eigenvalue weighted by Gasteiger charge is 2.32. The summed E-state index contributed by atoms with van der Waals surface area (Å²) >= 11 is 0. The predicted octanol–water partition coefficient (Wildman–Crippen LogP) is 0.255. The van der Waals surface area contributed by atoms with Gasteiger partial charge in [-0.1, -0.05) is 12.1 Å². The number of carboxylic acids is 1. The second-order valence-corrected chi connectivity index (χ2v) is 4.46. The summed E-state index contributed by atoms with van der Waals surface area (Å²) in [6.45, 7) is 1.39. The zero-order valence-corrected chi connectivity index (χ0v) is 10.5. The van der Waals surface area contributed by atoms with Crippen LogP contribution in [0.1, 0.15) is 5.56 Å². The number of aryl methyl sites for hydroxylation is 1. The van der Waals surface area contributed by atoms with E-state index in [1.807, 2.05) is 31.2 Å². The maximum atomic E-state index is 11.8. The van der Waals surface area contributed by atoms with Crippen LogP contribution in [0.3, 0.4) is 0 Å². The Bertz CT molecular complexity index is 523. The van der Waals surface area contributed by atoms with Gasteiger partial charge in [-0.2, -0.15) is 0 Å². The number of rotatable bonds is 3. The number of aliphatic carboxylic acids is 1. The average Bonchev–Trinajstić information content (AvgIpc) is 2.33. The van der Waals surface area contributed by atoms with Gasteiger partial charge in [-0.3, -0.25) is 19.3 Å². The third kappa shape index (κ3) is 2.90. The molecule has 0 bridgehead atoms. The van der Waals surface area contributed by atoms with Crippen molar-refractivity contribution in [3.63, 3.8) is 0 Å². The van der Waals surface area contributed by atoms with E-state index in [9.17, 15) is 14.4 Å². The third-order valence-corrected chi connectivity index (χ3v) is 2.91. The Kier molecular flexibility index (Phi) is 3.50. The second-order valence-electron chi connectivity index (χ2n) is 4.46. The quantitative estimate of drug-likeness (QED) is 0.790. The number of carbonyl (C=O) groups excluding carboxylic acids is 2. The first-order valence-corrected chi connectivity index (χ1v) is 5.84. The first kappa shape index (κ1) is 13.1. The molecular formula is C13H14N2O4. The largest absolute Gasteiger partial charge is 0.480 e. The van der Waals surface area contributed by atoms with Crippen LogP contribution in [0.15, 0.2) is 24.3 Å². The fourth-order valence-corrected chi connectivity index (χ4v) is 2.01. The van der Waals surface area contributed by atoms with Gasteiger partial charge in [-0.25, -0.2) is 0 Å². The van der Waals surface area contributed by atoms with Gasteiger partial charge in [0.2, 0.25) is 11.8 Å². The molecule has 1 aliphatic heterocycles. The Morgan fingerprint density at radius 3 is 2.42 bits per heavy atom. The van der Waals surface area contributed by atoms with E-state index in [0.717, 1.165) is 16.2 Å². The highest BCUT2D eigenvalue weighted by atomic mass is 16.4. The van der Waals surface area contributed by atoms with Crippen molar-refractivity contribution in [3.05, 3.63) is 29.8 Å². The minimum atomic E-state index is -1.19. The van der Waals surface area contributed by atoms with Gasteiger partial charge in [-0.15, -0.1) is 0 Å². The molecule has 0 unspecified atom stereocenters. The van der Waals surface area contributed by atoms with Crippen LogP contribution in [0.4, 0.5) is 5.69 Å². The van der Waals surface area contributed by atoms with Crippen LogP contribution in [-0.4, -0.2) is 47.4 Å². The van der Waals surface area contributed by atoms with Crippen molar-refractivity contribution >= 4 is 23.5 Å². The summed E-state index contributed by atoms with van der Waals surface area (Å²) in [6.07, 6.45) is 0. The zero-order chi connectivity index (χ0) is 14.0. The first-order chi connectivity index (χ1) is 8.97. The second kappa shape index (κ2) is 5.09. The van der Waals surface area contributed by atoms with Gasteiger partial charge in [0.15, 0.2) is 0 Å². The van der Waals surface area contributed by atoms with Crippen LogP contribution >= 0.6 is 0 Å². The third-order valence-electron chi connectivity index (χ3n) is 2.91. The smallest absolute Gasteiger partial charge is 0.323 e. The lowest BCUT2D eigenvalue weighted by Crippen LogP contribution is -2.55. The number of piperazine rings is 1. The molecular weight excluding hydrogens is 248 g/mol. The van der Waals surface area contributed by atoms with E-state index in [-0.39, 0.29) is 13.1 Å². The predicted molar refractivity (Wildman–Crippen MR) is 67.7 cm³/mol. The Labute approximate surface area is 110 Å². The van der Waals surface area contributed by atoms with Crippen LogP contribution in [0.5, 0.6) is 0 Å². The molecule has 1 aromatic carbocycles. The van der Waals surface area contributed by atoms with E-state index in [1.54, 1.807) is 4.90 Å². The number of anilines is 1. The van der Waals surface area contributed by atoms with E-state index in [4.69, 9.17) is 5.11 Å². The number of amides is 2. The normalized spacial score (nSPS) is 15.8. The Balaban J connectivity index is 2.15. The zero-order valence-electron chi connectivity index (χ0n) is 10.5. The maximum Gasteiger partial charge on any atom is 0.323 e. The number of benzene rings is 1. The van der Waals surface area contributed by atoms with Crippen molar-refractivity contribution in [2.24, 2.45) is 0 Å². The first-order valence-electron chi connectivity index (χ1n) is 5.84. The topological polar surface area (TPSA) is 77.9 Å². The summed E-state index contributed by atoms with van der Waals surface area (Å²) in [7, 11) is 0. The molecule has 2 amide bonds. The van der Waals surface area contributed by atoms with E-state index >= 15 is 0 Å². The molecule has 2 rings (SSSR count). The van der Waals surface area contributed by atoms with Crippen LogP contribution in [0, 0.1) is 6.92 Å². The van der Waals surface area contributed by atoms with Crippen molar-refractivity contribution in [1.29, 1.82) is 0 Å². The van der Waals surface area contributed by atoms with Gasteiger partial charge in [0.05, 0.1) is 13.1 Å². The molecule has 0 aromatic heterocycles. The lowest BCUT2D eigenvalue weighted by Gasteiger charge is -2.33. The molecule has 0 radical (unpaired) electrons. The summed E-state index contributed by atoms with van der Waals surface area (Å²) in [6, 6.07) is 7.48. The summed E-state index contributed by atoms with van der Waals surface area (Å²) in [5.74, 6) is -2.16. The summed E-state index contributed by atoms with van der Waals surface area (Å²) in [4.78, 5) is 36.6. The Morgan fingerprint density at radius 2 is 1.89 bits per heavy atom. The van der Waals surface area contributed by atoms with Gasteiger partial charge in [0, 0.05) is 5.69 Å². The number of carboxylic acid groups (broad SMARTS) is 1. The molecule has 100 valence electrons. The molecule has 6 heteroatoms. The van der Waals surface area contributed by atoms with Crippen molar-refractivity contribution in [2.75, 3.05) is 24.5 Å². The van der Waals surface area contributed by atoms with Gasteiger partial charge < -0.3 is 10.0 Å². The van der Waals surface area contributed by atoms with Crippen LogP contribution < -0.4 is 4.90 Å². The number of imide groups is 1. The Morgan fingerprint density at radius 1 is 1.26 bits per heavy atom. The van der Waals surface area contributed by atoms with Crippen molar-refractivity contribution < 1.29 is 19.5 Å². The molecule has 19 heavy (non-hydrogen) atoms. The van der Waals surface area contributed by atoms with Gasteiger partial charge >= 0.3 is 5.97 Å². The molecule has 0 aliphatic carbocycles. The van der Waals surface area contributed by atoms with Gasteiger partial charge in [0.25, 0.3) is 0 Å². The molecule has 1 saturated heterocycles. The van der Waals surface area contributed by atoms with E-state index < -0.39 is 24.3 Å². The maximum absolute atomic E-state index is 11.8. The van der Waals surface area contributed by atoms with Crippen LogP contribution in [-0.2, 0) is 14.4 Å². The number of nitrogens with zero attached hydrogens (tertiary/aromatic N) is 2. The van der Waals surface area contributed by atoms with E-state index in [2.05, 4.69) is 0 Å². The van der Waals surface area contributed by atoms with Gasteiger partial charge in [-0.05, 0) is 24.6 Å². The lowest BCUT2D eigenvalue weighted by molar-refractivity contribution is -0.153. The van der Waals surface area contributed by atoms with E-state index in [0.29, 0.717) is 0 Å². The number of hydrogen-bond donors (Lipinski definition) is 1.